The number of benzene rings is 1. The van der Waals surface area contributed by atoms with E-state index in [0.717, 1.165) is 0 Å². The predicted octanol–water partition coefficient (Wildman–Crippen LogP) is 1.22. The van der Waals surface area contributed by atoms with E-state index in [1.165, 1.54) is 17.0 Å². The number of carbonyl (C=O) groups excluding carboxylic acids is 1. The molecule has 0 bridgehead atoms. The first-order valence-corrected chi connectivity index (χ1v) is 7.16. The molecule has 0 N–H and O–H groups in total. The van der Waals surface area contributed by atoms with Gasteiger partial charge in [0, 0.05) is 7.05 Å². The van der Waals surface area contributed by atoms with Crippen molar-refractivity contribution >= 4 is 21.4 Å². The number of fused-ring (bicyclic) bond motifs is 1. The fraction of sp³-hybridized carbons (Fsp3) is 0.417. The first kappa shape index (κ1) is 12.9. The first-order chi connectivity index (χ1) is 8.34. The Labute approximate surface area is 106 Å². The molecule has 18 heavy (non-hydrogen) atoms. The number of hydrogen-bond acceptors (Lipinski definition) is 4. The van der Waals surface area contributed by atoms with Gasteiger partial charge in [-0.15, -0.1) is 0 Å². The molecule has 1 aromatic rings. The van der Waals surface area contributed by atoms with E-state index in [9.17, 15) is 13.2 Å². The molecule has 6 heteroatoms. The maximum Gasteiger partial charge on any atom is 0.264 e. The Balaban J connectivity index is 2.54. The van der Waals surface area contributed by atoms with Crippen LogP contribution in [-0.2, 0) is 14.6 Å². The maximum absolute atomic E-state index is 12.1. The molecule has 0 unspecified atom stereocenters. The van der Waals surface area contributed by atoms with Crippen molar-refractivity contribution in [3.63, 3.8) is 0 Å². The van der Waals surface area contributed by atoms with E-state index in [-0.39, 0.29) is 17.4 Å². The van der Waals surface area contributed by atoms with E-state index in [1.54, 1.807) is 27.0 Å². The highest BCUT2D eigenvalue weighted by Crippen LogP contribution is 2.34. The Morgan fingerprint density at radius 3 is 2.61 bits per heavy atom. The van der Waals surface area contributed by atoms with Crippen LogP contribution in [0.3, 0.4) is 0 Å². The van der Waals surface area contributed by atoms with E-state index >= 15 is 0 Å². The topological polar surface area (TPSA) is 63.7 Å². The van der Waals surface area contributed by atoms with Crippen molar-refractivity contribution in [3.05, 3.63) is 18.2 Å². The lowest BCUT2D eigenvalue weighted by atomic mass is 10.2. The van der Waals surface area contributed by atoms with Gasteiger partial charge in [-0.3, -0.25) is 4.79 Å². The van der Waals surface area contributed by atoms with Gasteiger partial charge in [0.05, 0.1) is 15.8 Å². The van der Waals surface area contributed by atoms with Crippen LogP contribution in [-0.4, -0.2) is 33.2 Å². The standard InChI is InChI=1S/C12H15NO4S/c1-8(2)18(15,16)9-4-5-11-10(6-9)13(3)12(14)7-17-11/h4-6,8H,7H2,1-3H3. The molecule has 0 aliphatic carbocycles. The van der Waals surface area contributed by atoms with Crippen molar-refractivity contribution in [2.24, 2.45) is 0 Å². The van der Waals surface area contributed by atoms with Gasteiger partial charge in [0.25, 0.3) is 5.91 Å². The Hall–Kier alpha value is -1.56. The van der Waals surface area contributed by atoms with E-state index in [1.807, 2.05) is 0 Å². The summed E-state index contributed by atoms with van der Waals surface area (Å²) in [4.78, 5) is 13.1. The van der Waals surface area contributed by atoms with Gasteiger partial charge in [-0.2, -0.15) is 0 Å². The average molecular weight is 269 g/mol. The molecule has 5 nitrogen and oxygen atoms in total. The largest absolute Gasteiger partial charge is 0.482 e. The van der Waals surface area contributed by atoms with E-state index < -0.39 is 15.1 Å². The molecule has 1 heterocycles. The Morgan fingerprint density at radius 1 is 1.33 bits per heavy atom. The summed E-state index contributed by atoms with van der Waals surface area (Å²) in [6, 6.07) is 4.59. The highest BCUT2D eigenvalue weighted by molar-refractivity contribution is 7.92. The highest BCUT2D eigenvalue weighted by atomic mass is 32.2. The number of amides is 1. The zero-order chi connectivity index (χ0) is 13.5. The van der Waals surface area contributed by atoms with Crippen molar-refractivity contribution in [2.45, 2.75) is 24.0 Å². The number of anilines is 1. The summed E-state index contributed by atoms with van der Waals surface area (Å²) in [6.07, 6.45) is 0. The van der Waals surface area contributed by atoms with Crippen molar-refractivity contribution in [2.75, 3.05) is 18.6 Å². The number of ether oxygens (including phenoxy) is 1. The molecule has 98 valence electrons. The quantitative estimate of drug-likeness (QED) is 0.810. The number of hydrogen-bond donors (Lipinski definition) is 0. The second kappa shape index (κ2) is 4.28. The molecule has 0 spiro atoms. The van der Waals surface area contributed by atoms with Crippen LogP contribution in [0, 0.1) is 0 Å². The molecule has 0 aromatic heterocycles. The monoisotopic (exact) mass is 269 g/mol. The fourth-order valence-electron chi connectivity index (χ4n) is 1.70. The second-order valence-corrected chi connectivity index (χ2v) is 6.97. The number of likely N-dealkylation sites (N-methyl/N-ethyl adjacent to an activating group) is 1. The highest BCUT2D eigenvalue weighted by Gasteiger charge is 2.26. The van der Waals surface area contributed by atoms with Gasteiger partial charge >= 0.3 is 0 Å². The lowest BCUT2D eigenvalue weighted by molar-refractivity contribution is -0.120. The SMILES string of the molecule is CC(C)S(=O)(=O)c1ccc2c(c1)N(C)C(=O)CO2. The molecule has 1 aliphatic rings. The normalized spacial score (nSPS) is 15.6. The van der Waals surface area contributed by atoms with Crippen molar-refractivity contribution < 1.29 is 17.9 Å². The summed E-state index contributed by atoms with van der Waals surface area (Å²) in [5.74, 6) is 0.335. The molecular weight excluding hydrogens is 254 g/mol. The molecule has 0 fully saturated rings. The number of nitrogens with zero attached hydrogens (tertiary/aromatic N) is 1. The molecule has 0 saturated carbocycles. The minimum absolute atomic E-state index is 0.0141. The van der Waals surface area contributed by atoms with Gasteiger partial charge < -0.3 is 9.64 Å². The van der Waals surface area contributed by atoms with Crippen LogP contribution in [0.15, 0.2) is 23.1 Å². The van der Waals surface area contributed by atoms with Crippen molar-refractivity contribution in [1.82, 2.24) is 0 Å². The lowest BCUT2D eigenvalue weighted by Gasteiger charge is -2.26. The molecule has 0 radical (unpaired) electrons. The zero-order valence-electron chi connectivity index (χ0n) is 10.5. The maximum atomic E-state index is 12.1. The first-order valence-electron chi connectivity index (χ1n) is 5.61. The Morgan fingerprint density at radius 2 is 2.00 bits per heavy atom. The summed E-state index contributed by atoms with van der Waals surface area (Å²) in [5, 5.41) is -0.499. The van der Waals surface area contributed by atoms with Crippen LogP contribution < -0.4 is 9.64 Å². The van der Waals surface area contributed by atoms with Crippen molar-refractivity contribution in [1.29, 1.82) is 0 Å². The number of sulfone groups is 1. The van der Waals surface area contributed by atoms with Crippen LogP contribution in [0.5, 0.6) is 5.75 Å². The van der Waals surface area contributed by atoms with Crippen LogP contribution in [0.25, 0.3) is 0 Å². The van der Waals surface area contributed by atoms with Gasteiger partial charge in [0.1, 0.15) is 5.75 Å². The summed E-state index contributed by atoms with van der Waals surface area (Å²) in [5.41, 5.74) is 0.493. The van der Waals surface area contributed by atoms with Gasteiger partial charge in [0.2, 0.25) is 0 Å². The lowest BCUT2D eigenvalue weighted by Crippen LogP contribution is -2.35. The van der Waals surface area contributed by atoms with Crippen LogP contribution in [0.4, 0.5) is 5.69 Å². The van der Waals surface area contributed by atoms with Crippen LogP contribution >= 0.6 is 0 Å². The predicted molar refractivity (Wildman–Crippen MR) is 67.7 cm³/mol. The average Bonchev–Trinajstić information content (AvgIpc) is 2.33. The summed E-state index contributed by atoms with van der Waals surface area (Å²) in [6.45, 7) is 3.24. The van der Waals surface area contributed by atoms with E-state index in [4.69, 9.17) is 4.74 Å². The zero-order valence-corrected chi connectivity index (χ0v) is 11.3. The number of carbonyl (C=O) groups is 1. The molecule has 1 amide bonds. The third-order valence-corrected chi connectivity index (χ3v) is 5.12. The molecule has 0 saturated heterocycles. The van der Waals surface area contributed by atoms with Crippen LogP contribution in [0.2, 0.25) is 0 Å². The molecule has 1 aromatic carbocycles. The van der Waals surface area contributed by atoms with Gasteiger partial charge in [-0.1, -0.05) is 0 Å². The molecule has 1 aliphatic heterocycles. The minimum Gasteiger partial charge on any atom is -0.482 e. The van der Waals surface area contributed by atoms with Gasteiger partial charge in [-0.05, 0) is 32.0 Å². The minimum atomic E-state index is -3.34. The molecule has 2 rings (SSSR count). The third kappa shape index (κ3) is 1.96. The van der Waals surface area contributed by atoms with Crippen molar-refractivity contribution in [3.8, 4) is 5.75 Å². The Bertz CT molecular complexity index is 592. The van der Waals surface area contributed by atoms with E-state index in [0.29, 0.717) is 11.4 Å². The van der Waals surface area contributed by atoms with Gasteiger partial charge in [0.15, 0.2) is 16.4 Å². The summed E-state index contributed by atoms with van der Waals surface area (Å²) in [7, 11) is -1.74. The van der Waals surface area contributed by atoms with Gasteiger partial charge in [-0.25, -0.2) is 8.42 Å². The molecule has 0 atom stereocenters. The van der Waals surface area contributed by atoms with Crippen LogP contribution in [0.1, 0.15) is 13.8 Å². The Kier molecular flexibility index (Phi) is 3.06. The third-order valence-electron chi connectivity index (χ3n) is 2.97. The van der Waals surface area contributed by atoms with E-state index in [2.05, 4.69) is 0 Å². The fourth-order valence-corrected chi connectivity index (χ4v) is 2.78. The smallest absolute Gasteiger partial charge is 0.264 e. The summed E-state index contributed by atoms with van der Waals surface area (Å²) < 4.78 is 29.4. The number of rotatable bonds is 2. The second-order valence-electron chi connectivity index (χ2n) is 4.46. The summed E-state index contributed by atoms with van der Waals surface area (Å²) >= 11 is 0. The molecular formula is C12H15NO4S.